The third kappa shape index (κ3) is 1.77. The summed E-state index contributed by atoms with van der Waals surface area (Å²) in [6.07, 6.45) is 0. The third-order valence-electron chi connectivity index (χ3n) is 2.35. The number of nitrogens with zero attached hydrogens (tertiary/aromatic N) is 2. The molecule has 2 heterocycles. The largest absolute Gasteiger partial charge is 0.477 e. The Morgan fingerprint density at radius 3 is 2.60 bits per heavy atom. The van der Waals surface area contributed by atoms with Crippen molar-refractivity contribution < 1.29 is 9.90 Å². The van der Waals surface area contributed by atoms with Crippen molar-refractivity contribution in [3.8, 4) is 0 Å². The molecule has 5 nitrogen and oxygen atoms in total. The van der Waals surface area contributed by atoms with E-state index in [9.17, 15) is 4.79 Å². The van der Waals surface area contributed by atoms with Gasteiger partial charge in [0.2, 0.25) is 0 Å². The van der Waals surface area contributed by atoms with Crippen molar-refractivity contribution in [1.29, 1.82) is 0 Å². The van der Waals surface area contributed by atoms with Gasteiger partial charge in [-0.05, 0) is 6.92 Å². The molecule has 1 saturated heterocycles. The van der Waals surface area contributed by atoms with Crippen LogP contribution >= 0.6 is 11.8 Å². The maximum atomic E-state index is 10.8. The second kappa shape index (κ2) is 3.69. The Balaban J connectivity index is 2.42. The maximum absolute atomic E-state index is 10.8. The zero-order valence-electron chi connectivity index (χ0n) is 8.23. The molecular weight excluding hydrogens is 214 g/mol. The number of carboxylic acid groups (broad SMARTS) is 1. The number of thioether (sulfide) groups is 1. The van der Waals surface area contributed by atoms with Gasteiger partial charge in [-0.2, -0.15) is 11.8 Å². The highest BCUT2D eigenvalue weighted by atomic mass is 32.2. The van der Waals surface area contributed by atoms with Gasteiger partial charge in [0.1, 0.15) is 17.2 Å². The molecule has 0 atom stereocenters. The van der Waals surface area contributed by atoms with E-state index in [0.29, 0.717) is 17.4 Å². The average Bonchev–Trinajstić information content (AvgIpc) is 1.97. The lowest BCUT2D eigenvalue weighted by atomic mass is 10.1. The highest BCUT2D eigenvalue weighted by Gasteiger charge is 2.25. The minimum atomic E-state index is -1.07. The molecule has 1 aliphatic rings. The number of carbonyl (C=O) groups is 1. The van der Waals surface area contributed by atoms with Crippen LogP contribution in [0.3, 0.4) is 0 Å². The van der Waals surface area contributed by atoms with Crippen molar-refractivity contribution in [1.82, 2.24) is 9.97 Å². The fourth-order valence-corrected chi connectivity index (χ4v) is 2.22. The highest BCUT2D eigenvalue weighted by Crippen LogP contribution is 2.32. The van der Waals surface area contributed by atoms with Gasteiger partial charge in [-0.15, -0.1) is 0 Å². The van der Waals surface area contributed by atoms with Crippen LogP contribution in [0.1, 0.15) is 27.8 Å². The number of nitrogens with two attached hydrogens (primary N) is 1. The van der Waals surface area contributed by atoms with Gasteiger partial charge in [-0.3, -0.25) is 0 Å². The van der Waals surface area contributed by atoms with Crippen LogP contribution in [0, 0.1) is 6.92 Å². The van der Waals surface area contributed by atoms with Gasteiger partial charge in [-0.25, -0.2) is 14.8 Å². The topological polar surface area (TPSA) is 89.1 Å². The van der Waals surface area contributed by atoms with Crippen LogP contribution in [0.15, 0.2) is 0 Å². The van der Waals surface area contributed by atoms with Crippen molar-refractivity contribution in [2.45, 2.75) is 12.8 Å². The quantitative estimate of drug-likeness (QED) is 0.777. The SMILES string of the molecule is Cc1nc(C2CSC2)nc(N)c1C(=O)O. The van der Waals surface area contributed by atoms with Crippen molar-refractivity contribution in [2.75, 3.05) is 17.2 Å². The Morgan fingerprint density at radius 1 is 1.53 bits per heavy atom. The van der Waals surface area contributed by atoms with Crippen LogP contribution < -0.4 is 5.73 Å². The molecule has 0 saturated carbocycles. The van der Waals surface area contributed by atoms with Gasteiger partial charge >= 0.3 is 5.97 Å². The van der Waals surface area contributed by atoms with Crippen LogP contribution in [0.25, 0.3) is 0 Å². The summed E-state index contributed by atoms with van der Waals surface area (Å²) in [7, 11) is 0. The Labute approximate surface area is 91.1 Å². The smallest absolute Gasteiger partial charge is 0.341 e. The molecule has 15 heavy (non-hydrogen) atoms. The maximum Gasteiger partial charge on any atom is 0.341 e. The molecule has 2 rings (SSSR count). The number of nitrogen functional groups attached to an aromatic ring is 1. The summed E-state index contributed by atoms with van der Waals surface area (Å²) in [6.45, 7) is 1.65. The Morgan fingerprint density at radius 2 is 2.20 bits per heavy atom. The second-order valence-electron chi connectivity index (χ2n) is 3.47. The Bertz CT molecular complexity index is 395. The van der Waals surface area contributed by atoms with Gasteiger partial charge in [0, 0.05) is 17.4 Å². The van der Waals surface area contributed by atoms with E-state index in [2.05, 4.69) is 9.97 Å². The number of carboxylic acids is 1. The van der Waals surface area contributed by atoms with Gasteiger partial charge in [0.15, 0.2) is 0 Å². The van der Waals surface area contributed by atoms with E-state index in [1.807, 2.05) is 11.8 Å². The molecule has 3 N–H and O–H groups in total. The zero-order valence-corrected chi connectivity index (χ0v) is 9.04. The van der Waals surface area contributed by atoms with Crippen LogP contribution in [0.5, 0.6) is 0 Å². The molecule has 0 unspecified atom stereocenters. The molecule has 1 aromatic rings. The van der Waals surface area contributed by atoms with Gasteiger partial charge in [0.05, 0.1) is 5.69 Å². The third-order valence-corrected chi connectivity index (χ3v) is 3.63. The number of aromatic carboxylic acids is 1. The summed E-state index contributed by atoms with van der Waals surface area (Å²) in [4.78, 5) is 19.1. The van der Waals surface area contributed by atoms with Crippen molar-refractivity contribution in [2.24, 2.45) is 0 Å². The van der Waals surface area contributed by atoms with E-state index in [-0.39, 0.29) is 11.4 Å². The lowest BCUT2D eigenvalue weighted by molar-refractivity contribution is 0.0696. The summed E-state index contributed by atoms with van der Waals surface area (Å²) < 4.78 is 0. The zero-order chi connectivity index (χ0) is 11.0. The first-order chi connectivity index (χ1) is 7.09. The second-order valence-corrected chi connectivity index (χ2v) is 4.54. The number of hydrogen-bond acceptors (Lipinski definition) is 5. The fraction of sp³-hybridized carbons (Fsp3) is 0.444. The molecule has 0 aromatic carbocycles. The van der Waals surface area contributed by atoms with E-state index in [0.717, 1.165) is 11.5 Å². The Kier molecular flexibility index (Phi) is 2.52. The van der Waals surface area contributed by atoms with Crippen LogP contribution in [-0.4, -0.2) is 32.5 Å². The van der Waals surface area contributed by atoms with E-state index in [1.54, 1.807) is 6.92 Å². The summed E-state index contributed by atoms with van der Waals surface area (Å²) >= 11 is 1.83. The predicted molar refractivity (Wildman–Crippen MR) is 58.2 cm³/mol. The highest BCUT2D eigenvalue weighted by molar-refractivity contribution is 8.00. The predicted octanol–water partition coefficient (Wildman–Crippen LogP) is 0.896. The van der Waals surface area contributed by atoms with Gasteiger partial charge in [0.25, 0.3) is 0 Å². The van der Waals surface area contributed by atoms with Crippen LogP contribution in [0.4, 0.5) is 5.82 Å². The van der Waals surface area contributed by atoms with Crippen LogP contribution in [0.2, 0.25) is 0 Å². The molecular formula is C9H11N3O2S. The lowest BCUT2D eigenvalue weighted by Gasteiger charge is -2.23. The lowest BCUT2D eigenvalue weighted by Crippen LogP contribution is -2.21. The standard InChI is InChI=1S/C9H11N3O2S/c1-4-6(9(13)14)7(10)12-8(11-4)5-2-15-3-5/h5H,2-3H2,1H3,(H,13,14)(H2,10,11,12). The molecule has 0 spiro atoms. The van der Waals surface area contributed by atoms with Crippen molar-refractivity contribution >= 4 is 23.5 Å². The Hall–Kier alpha value is -1.30. The first kappa shape index (κ1) is 10.2. The molecule has 1 aromatic heterocycles. The molecule has 1 aliphatic heterocycles. The average molecular weight is 225 g/mol. The van der Waals surface area contributed by atoms with E-state index in [4.69, 9.17) is 10.8 Å². The summed E-state index contributed by atoms with van der Waals surface area (Å²) in [6, 6.07) is 0. The summed E-state index contributed by atoms with van der Waals surface area (Å²) in [5.41, 5.74) is 6.07. The minimum Gasteiger partial charge on any atom is -0.477 e. The van der Waals surface area contributed by atoms with Gasteiger partial charge in [-0.1, -0.05) is 0 Å². The molecule has 0 radical (unpaired) electrons. The van der Waals surface area contributed by atoms with Crippen molar-refractivity contribution in [3.63, 3.8) is 0 Å². The number of rotatable bonds is 2. The molecule has 1 fully saturated rings. The van der Waals surface area contributed by atoms with E-state index in [1.165, 1.54) is 0 Å². The molecule has 0 bridgehead atoms. The number of aryl methyl sites for hydroxylation is 1. The number of anilines is 1. The molecule has 6 heteroatoms. The van der Waals surface area contributed by atoms with Gasteiger partial charge < -0.3 is 10.8 Å². The normalized spacial score (nSPS) is 16.1. The monoisotopic (exact) mass is 225 g/mol. The molecule has 80 valence electrons. The number of hydrogen-bond donors (Lipinski definition) is 2. The van der Waals surface area contributed by atoms with E-state index >= 15 is 0 Å². The van der Waals surface area contributed by atoms with E-state index < -0.39 is 5.97 Å². The van der Waals surface area contributed by atoms with Crippen molar-refractivity contribution in [3.05, 3.63) is 17.1 Å². The minimum absolute atomic E-state index is 0.0192. The molecule has 0 aliphatic carbocycles. The summed E-state index contributed by atoms with van der Waals surface area (Å²) in [5, 5.41) is 8.88. The fourth-order valence-electron chi connectivity index (χ4n) is 1.45. The first-order valence-corrected chi connectivity index (χ1v) is 5.70. The van der Waals surface area contributed by atoms with Crippen LogP contribution in [-0.2, 0) is 0 Å². The number of aromatic nitrogens is 2. The first-order valence-electron chi connectivity index (χ1n) is 4.54. The summed E-state index contributed by atoms with van der Waals surface area (Å²) in [5.74, 6) is 1.99. The molecule has 0 amide bonds.